The molecule has 16 heteroatoms. The minimum Gasteiger partial charge on any atom is -0.406 e. The Morgan fingerprint density at radius 1 is 1.06 bits per heavy atom. The summed E-state index contributed by atoms with van der Waals surface area (Å²) in [6, 6.07) is 5.34. The number of nitrogens with zero attached hydrogens (tertiary/aromatic N) is 3. The lowest BCUT2D eigenvalue weighted by Crippen LogP contribution is -2.63. The number of sulfonamides is 1. The molecular weight excluding hydrogens is 552 g/mol. The Kier molecular flexibility index (Phi) is 12.0. The zero-order valence-electron chi connectivity index (χ0n) is 19.6. The summed E-state index contributed by atoms with van der Waals surface area (Å²) in [5.74, 6) is -1.28. The summed E-state index contributed by atoms with van der Waals surface area (Å²) < 4.78 is 72.6. The topological polar surface area (TPSA) is 112 Å². The highest BCUT2D eigenvalue weighted by Gasteiger charge is 2.55. The summed E-state index contributed by atoms with van der Waals surface area (Å²) in [5.41, 5.74) is 2.17. The molecule has 10 nitrogen and oxygen atoms in total. The van der Waals surface area contributed by atoms with E-state index in [1.54, 1.807) is 12.6 Å². The number of nitrogens with one attached hydrogen (secondary N) is 1. The van der Waals surface area contributed by atoms with Crippen molar-refractivity contribution in [3.63, 3.8) is 0 Å². The highest BCUT2D eigenvalue weighted by atomic mass is 35.5. The summed E-state index contributed by atoms with van der Waals surface area (Å²) in [7, 11) is -2.53. The van der Waals surface area contributed by atoms with Gasteiger partial charge in [0.1, 0.15) is 5.75 Å². The number of piperazine rings is 1. The first-order valence-electron chi connectivity index (χ1n) is 10.8. The number of methoxy groups -OCH3 is 1. The first kappa shape index (κ1) is 32.5. The number of hydrogen-bond acceptors (Lipinski definition) is 8. The standard InChI is InChI=1S/C20H29F3N4O6S.2ClH/c1-32-15-14-25-8-6-19(7-9-25,18(28)24-29)34(30,31)27-12-10-26(11-13-27)16-2-4-17(5-3-16)33-20(21,22)23;;/h2-5,29H,6-15H2,1H3,(H,24,28);2*1H. The summed E-state index contributed by atoms with van der Waals surface area (Å²) in [6.45, 7) is 2.58. The Morgan fingerprint density at radius 3 is 2.08 bits per heavy atom. The van der Waals surface area contributed by atoms with Gasteiger partial charge in [0.2, 0.25) is 10.0 Å². The minimum atomic E-state index is -4.78. The number of benzene rings is 1. The van der Waals surface area contributed by atoms with Gasteiger partial charge in [-0.2, -0.15) is 4.31 Å². The van der Waals surface area contributed by atoms with Crippen LogP contribution in [-0.2, 0) is 19.6 Å². The number of anilines is 1. The molecule has 3 rings (SSSR count). The Labute approximate surface area is 220 Å². The van der Waals surface area contributed by atoms with Gasteiger partial charge in [-0.25, -0.2) is 13.9 Å². The van der Waals surface area contributed by atoms with Crippen LogP contribution in [0.3, 0.4) is 0 Å². The van der Waals surface area contributed by atoms with E-state index in [0.29, 0.717) is 31.9 Å². The molecule has 36 heavy (non-hydrogen) atoms. The van der Waals surface area contributed by atoms with Gasteiger partial charge in [-0.05, 0) is 37.1 Å². The second kappa shape index (κ2) is 13.3. The lowest BCUT2D eigenvalue weighted by atomic mass is 9.95. The average Bonchev–Trinajstić information content (AvgIpc) is 2.82. The smallest absolute Gasteiger partial charge is 0.406 e. The van der Waals surface area contributed by atoms with E-state index in [-0.39, 0.29) is 69.6 Å². The number of ether oxygens (including phenoxy) is 2. The molecule has 0 unspecified atom stereocenters. The van der Waals surface area contributed by atoms with Gasteiger partial charge in [-0.15, -0.1) is 38.0 Å². The van der Waals surface area contributed by atoms with Crippen LogP contribution >= 0.6 is 24.8 Å². The van der Waals surface area contributed by atoms with Crippen molar-refractivity contribution in [1.82, 2.24) is 14.7 Å². The Morgan fingerprint density at radius 2 is 1.61 bits per heavy atom. The van der Waals surface area contributed by atoms with Gasteiger partial charge in [0.25, 0.3) is 5.91 Å². The number of likely N-dealkylation sites (tertiary alicyclic amines) is 1. The number of hydrogen-bond donors (Lipinski definition) is 2. The van der Waals surface area contributed by atoms with Gasteiger partial charge in [0.05, 0.1) is 6.61 Å². The molecule has 0 bridgehead atoms. The largest absolute Gasteiger partial charge is 0.573 e. The fourth-order valence-electron chi connectivity index (χ4n) is 4.35. The van der Waals surface area contributed by atoms with Crippen LogP contribution in [0.1, 0.15) is 12.8 Å². The summed E-state index contributed by atoms with van der Waals surface area (Å²) >= 11 is 0. The lowest BCUT2D eigenvalue weighted by Gasteiger charge is -2.44. The summed E-state index contributed by atoms with van der Waals surface area (Å²) in [4.78, 5) is 16.5. The lowest BCUT2D eigenvalue weighted by molar-refractivity contribution is -0.274. The molecule has 0 atom stereocenters. The van der Waals surface area contributed by atoms with Crippen molar-refractivity contribution < 1.29 is 41.1 Å². The van der Waals surface area contributed by atoms with E-state index < -0.39 is 27.0 Å². The summed E-state index contributed by atoms with van der Waals surface area (Å²) in [5, 5.41) is 9.30. The Balaban J connectivity index is 0.00000324. The number of amides is 1. The van der Waals surface area contributed by atoms with E-state index in [1.165, 1.54) is 28.6 Å². The second-order valence-electron chi connectivity index (χ2n) is 8.20. The molecule has 2 N–H and O–H groups in total. The van der Waals surface area contributed by atoms with E-state index in [1.807, 2.05) is 9.80 Å². The van der Waals surface area contributed by atoms with Crippen molar-refractivity contribution in [2.45, 2.75) is 24.0 Å². The van der Waals surface area contributed by atoms with Crippen molar-refractivity contribution >= 4 is 46.4 Å². The molecule has 208 valence electrons. The van der Waals surface area contributed by atoms with Crippen molar-refractivity contribution in [2.24, 2.45) is 0 Å². The van der Waals surface area contributed by atoms with Gasteiger partial charge in [-0.1, -0.05) is 0 Å². The number of rotatable bonds is 8. The SMILES string of the molecule is COCCN1CCC(C(=O)NO)(S(=O)(=O)N2CCN(c3ccc(OC(F)(F)F)cc3)CC2)CC1.Cl.Cl. The van der Waals surface area contributed by atoms with E-state index in [0.717, 1.165) is 0 Å². The molecule has 0 aliphatic carbocycles. The normalized spacial score (nSPS) is 19.1. The van der Waals surface area contributed by atoms with Crippen LogP contribution in [0, 0.1) is 0 Å². The van der Waals surface area contributed by atoms with E-state index in [4.69, 9.17) is 4.74 Å². The van der Waals surface area contributed by atoms with Crippen LogP contribution in [0.5, 0.6) is 5.75 Å². The van der Waals surface area contributed by atoms with Crippen molar-refractivity contribution in [1.29, 1.82) is 0 Å². The highest BCUT2D eigenvalue weighted by Crippen LogP contribution is 2.35. The maximum atomic E-state index is 13.6. The van der Waals surface area contributed by atoms with Crippen molar-refractivity contribution in [2.75, 3.05) is 64.4 Å². The zero-order chi connectivity index (χ0) is 25.0. The second-order valence-corrected chi connectivity index (χ2v) is 10.5. The zero-order valence-corrected chi connectivity index (χ0v) is 22.0. The van der Waals surface area contributed by atoms with Gasteiger partial charge in [0, 0.05) is 58.6 Å². The van der Waals surface area contributed by atoms with E-state index >= 15 is 0 Å². The molecule has 1 aromatic rings. The molecule has 0 spiro atoms. The Hall–Kier alpha value is -1.55. The number of hydroxylamine groups is 1. The number of piperidine rings is 1. The highest BCUT2D eigenvalue weighted by molar-refractivity contribution is 7.91. The Bertz CT molecular complexity index is 940. The summed E-state index contributed by atoms with van der Waals surface area (Å²) in [6.07, 6.45) is -4.71. The monoisotopic (exact) mass is 582 g/mol. The van der Waals surface area contributed by atoms with E-state index in [2.05, 4.69) is 4.74 Å². The quantitative estimate of drug-likeness (QED) is 0.353. The fraction of sp³-hybridized carbons (Fsp3) is 0.650. The molecule has 0 saturated carbocycles. The predicted octanol–water partition coefficient (Wildman–Crippen LogP) is 1.87. The average molecular weight is 583 g/mol. The fourth-order valence-corrected chi connectivity index (χ4v) is 6.47. The van der Waals surface area contributed by atoms with Gasteiger partial charge < -0.3 is 19.3 Å². The molecule has 2 heterocycles. The number of carbonyl (C=O) groups is 1. The molecular formula is C20H31Cl2F3N4O6S. The third-order valence-electron chi connectivity index (χ3n) is 6.30. The first-order valence-corrected chi connectivity index (χ1v) is 12.2. The van der Waals surface area contributed by atoms with Crippen LogP contribution in [0.25, 0.3) is 0 Å². The van der Waals surface area contributed by atoms with Crippen molar-refractivity contribution in [3.05, 3.63) is 24.3 Å². The van der Waals surface area contributed by atoms with Crippen LogP contribution in [-0.4, -0.2) is 99.4 Å². The molecule has 2 fully saturated rings. The molecule has 1 aromatic carbocycles. The third kappa shape index (κ3) is 7.27. The minimum absolute atomic E-state index is 0. The molecule has 0 radical (unpaired) electrons. The van der Waals surface area contributed by atoms with Crippen molar-refractivity contribution in [3.8, 4) is 5.75 Å². The maximum absolute atomic E-state index is 13.6. The van der Waals surface area contributed by atoms with Crippen LogP contribution in [0.15, 0.2) is 24.3 Å². The number of halogens is 5. The van der Waals surface area contributed by atoms with Gasteiger partial charge in [-0.3, -0.25) is 10.0 Å². The molecule has 2 aliphatic heterocycles. The molecule has 2 aliphatic rings. The number of carbonyl (C=O) groups excluding carboxylic acids is 1. The van der Waals surface area contributed by atoms with Crippen LogP contribution in [0.2, 0.25) is 0 Å². The number of alkyl halides is 3. The van der Waals surface area contributed by atoms with Crippen LogP contribution < -0.4 is 15.1 Å². The molecule has 1 amide bonds. The first-order chi connectivity index (χ1) is 16.0. The van der Waals surface area contributed by atoms with E-state index in [9.17, 15) is 31.6 Å². The van der Waals surface area contributed by atoms with Gasteiger partial charge in [0.15, 0.2) is 4.75 Å². The maximum Gasteiger partial charge on any atom is 0.573 e. The molecule has 2 saturated heterocycles. The van der Waals surface area contributed by atoms with Crippen LogP contribution in [0.4, 0.5) is 18.9 Å². The predicted molar refractivity (Wildman–Crippen MR) is 131 cm³/mol. The third-order valence-corrected chi connectivity index (χ3v) is 8.92. The molecule has 0 aromatic heterocycles. The van der Waals surface area contributed by atoms with Gasteiger partial charge >= 0.3 is 6.36 Å².